The van der Waals surface area contributed by atoms with E-state index >= 15 is 0 Å². The first-order valence-electron chi connectivity index (χ1n) is 6.20. The minimum absolute atomic E-state index is 0.0330. The first kappa shape index (κ1) is 16.8. The monoisotopic (exact) mass is 345 g/mol. The highest BCUT2D eigenvalue weighted by Crippen LogP contribution is 2.28. The SMILES string of the molecule is O=C(COC(=O)c1ccco1)Nc1ccc(OC(F)F)c(Cl)c1. The van der Waals surface area contributed by atoms with E-state index in [1.165, 1.54) is 36.6 Å². The molecule has 0 fully saturated rings. The highest BCUT2D eigenvalue weighted by Gasteiger charge is 2.14. The summed E-state index contributed by atoms with van der Waals surface area (Å²) >= 11 is 5.74. The Morgan fingerprint density at radius 2 is 2.09 bits per heavy atom. The van der Waals surface area contributed by atoms with Crippen LogP contribution in [0.4, 0.5) is 14.5 Å². The van der Waals surface area contributed by atoms with Gasteiger partial charge in [-0.2, -0.15) is 8.78 Å². The minimum Gasteiger partial charge on any atom is -0.457 e. The van der Waals surface area contributed by atoms with Gasteiger partial charge in [0, 0.05) is 5.69 Å². The van der Waals surface area contributed by atoms with E-state index in [4.69, 9.17) is 20.8 Å². The van der Waals surface area contributed by atoms with E-state index in [0.717, 1.165) is 0 Å². The predicted octanol–water partition coefficient (Wildman–Crippen LogP) is 3.33. The number of carbonyl (C=O) groups is 2. The number of rotatable bonds is 6. The summed E-state index contributed by atoms with van der Waals surface area (Å²) in [4.78, 5) is 23.1. The molecule has 0 aliphatic heterocycles. The van der Waals surface area contributed by atoms with Crippen LogP contribution in [-0.2, 0) is 9.53 Å². The maximum atomic E-state index is 12.1. The van der Waals surface area contributed by atoms with Crippen LogP contribution in [0.1, 0.15) is 10.6 Å². The Labute approximate surface area is 133 Å². The third-order valence-corrected chi connectivity index (χ3v) is 2.78. The topological polar surface area (TPSA) is 77.8 Å². The number of ether oxygens (including phenoxy) is 2. The maximum Gasteiger partial charge on any atom is 0.387 e. The number of anilines is 1. The maximum absolute atomic E-state index is 12.1. The molecule has 1 amide bonds. The molecule has 9 heteroatoms. The third kappa shape index (κ3) is 4.96. The number of hydrogen-bond acceptors (Lipinski definition) is 5. The van der Waals surface area contributed by atoms with Crippen LogP contribution >= 0.6 is 11.6 Å². The predicted molar refractivity (Wildman–Crippen MR) is 75.7 cm³/mol. The molecule has 0 radical (unpaired) electrons. The first-order chi connectivity index (χ1) is 11.0. The summed E-state index contributed by atoms with van der Waals surface area (Å²) in [7, 11) is 0. The summed E-state index contributed by atoms with van der Waals surface area (Å²) in [6.07, 6.45) is 1.29. The second kappa shape index (κ2) is 7.59. The van der Waals surface area contributed by atoms with Crippen molar-refractivity contribution < 1.29 is 32.3 Å². The summed E-state index contributed by atoms with van der Waals surface area (Å²) in [5.74, 6) is -1.68. The fourth-order valence-electron chi connectivity index (χ4n) is 1.56. The molecule has 1 aromatic carbocycles. The van der Waals surface area contributed by atoms with Crippen molar-refractivity contribution in [3.63, 3.8) is 0 Å². The van der Waals surface area contributed by atoms with Crippen molar-refractivity contribution in [2.45, 2.75) is 6.61 Å². The standard InChI is InChI=1S/C14H10ClF2NO5/c15-9-6-8(3-4-10(9)23-14(16)17)18-12(19)7-22-13(20)11-2-1-5-21-11/h1-6,14H,7H2,(H,18,19). The largest absolute Gasteiger partial charge is 0.457 e. The minimum atomic E-state index is -3.01. The molecule has 0 saturated carbocycles. The van der Waals surface area contributed by atoms with Gasteiger partial charge in [0.2, 0.25) is 5.76 Å². The quantitative estimate of drug-likeness (QED) is 0.812. The molecular weight excluding hydrogens is 336 g/mol. The summed E-state index contributed by atoms with van der Waals surface area (Å²) in [5, 5.41) is 2.29. The van der Waals surface area contributed by atoms with Crippen LogP contribution < -0.4 is 10.1 Å². The van der Waals surface area contributed by atoms with Crippen LogP contribution in [0.15, 0.2) is 41.0 Å². The van der Waals surface area contributed by atoms with E-state index in [-0.39, 0.29) is 22.2 Å². The molecule has 122 valence electrons. The van der Waals surface area contributed by atoms with Crippen molar-refractivity contribution in [3.05, 3.63) is 47.4 Å². The van der Waals surface area contributed by atoms with Crippen LogP contribution in [-0.4, -0.2) is 25.1 Å². The number of amides is 1. The van der Waals surface area contributed by atoms with Gasteiger partial charge in [-0.25, -0.2) is 4.79 Å². The van der Waals surface area contributed by atoms with E-state index < -0.39 is 25.1 Å². The van der Waals surface area contributed by atoms with E-state index in [0.29, 0.717) is 0 Å². The molecule has 0 aliphatic carbocycles. The molecular formula is C14H10ClF2NO5. The average Bonchev–Trinajstić information content (AvgIpc) is 3.01. The van der Waals surface area contributed by atoms with Crippen LogP contribution in [0.25, 0.3) is 0 Å². The summed E-state index contributed by atoms with van der Waals surface area (Å²) in [6.45, 7) is -3.55. The third-order valence-electron chi connectivity index (χ3n) is 2.49. The molecule has 2 rings (SSSR count). The molecule has 1 aromatic heterocycles. The number of nitrogens with one attached hydrogen (secondary N) is 1. The highest BCUT2D eigenvalue weighted by molar-refractivity contribution is 6.32. The summed E-state index contributed by atoms with van der Waals surface area (Å²) in [5.41, 5.74) is 0.232. The molecule has 1 N–H and O–H groups in total. The second-order valence-electron chi connectivity index (χ2n) is 4.13. The lowest BCUT2D eigenvalue weighted by molar-refractivity contribution is -0.119. The number of hydrogen-bond donors (Lipinski definition) is 1. The number of halogens is 3. The van der Waals surface area contributed by atoms with Crippen molar-refractivity contribution in [2.24, 2.45) is 0 Å². The smallest absolute Gasteiger partial charge is 0.387 e. The fourth-order valence-corrected chi connectivity index (χ4v) is 1.79. The van der Waals surface area contributed by atoms with Gasteiger partial charge in [-0.3, -0.25) is 4.79 Å². The van der Waals surface area contributed by atoms with Crippen molar-refractivity contribution in [3.8, 4) is 5.75 Å². The summed E-state index contributed by atoms with van der Waals surface area (Å²) < 4.78 is 37.9. The molecule has 23 heavy (non-hydrogen) atoms. The number of esters is 1. The second-order valence-corrected chi connectivity index (χ2v) is 4.53. The van der Waals surface area contributed by atoms with Gasteiger partial charge in [0.05, 0.1) is 11.3 Å². The van der Waals surface area contributed by atoms with Gasteiger partial charge >= 0.3 is 12.6 Å². The molecule has 0 saturated heterocycles. The molecule has 0 atom stereocenters. The number of carbonyl (C=O) groups excluding carboxylic acids is 2. The van der Waals surface area contributed by atoms with Gasteiger partial charge in [0.1, 0.15) is 5.75 Å². The van der Waals surface area contributed by atoms with Crippen molar-refractivity contribution in [2.75, 3.05) is 11.9 Å². The molecule has 0 bridgehead atoms. The lowest BCUT2D eigenvalue weighted by atomic mass is 10.3. The lowest BCUT2D eigenvalue weighted by Gasteiger charge is -2.09. The van der Waals surface area contributed by atoms with E-state index in [1.54, 1.807) is 0 Å². The van der Waals surface area contributed by atoms with Gasteiger partial charge in [-0.15, -0.1) is 0 Å². The van der Waals surface area contributed by atoms with Crippen molar-refractivity contribution in [1.29, 1.82) is 0 Å². The Bertz CT molecular complexity index is 690. The van der Waals surface area contributed by atoms with Crippen molar-refractivity contribution >= 4 is 29.2 Å². The van der Waals surface area contributed by atoms with Gasteiger partial charge in [0.15, 0.2) is 6.61 Å². The lowest BCUT2D eigenvalue weighted by Crippen LogP contribution is -2.20. The van der Waals surface area contributed by atoms with Crippen LogP contribution in [0.5, 0.6) is 5.75 Å². The summed E-state index contributed by atoms with van der Waals surface area (Å²) in [6, 6.07) is 6.61. The zero-order valence-electron chi connectivity index (χ0n) is 11.4. The first-order valence-corrected chi connectivity index (χ1v) is 6.58. The van der Waals surface area contributed by atoms with E-state index in [2.05, 4.69) is 10.1 Å². The number of furan rings is 1. The van der Waals surface area contributed by atoms with Crippen LogP contribution in [0.3, 0.4) is 0 Å². The van der Waals surface area contributed by atoms with Gasteiger partial charge in [-0.05, 0) is 30.3 Å². The average molecular weight is 346 g/mol. The Morgan fingerprint density at radius 1 is 1.30 bits per heavy atom. The Kier molecular flexibility index (Phi) is 5.53. The Morgan fingerprint density at radius 3 is 2.70 bits per heavy atom. The zero-order valence-corrected chi connectivity index (χ0v) is 12.2. The van der Waals surface area contributed by atoms with Gasteiger partial charge in [-0.1, -0.05) is 11.6 Å². The molecule has 6 nitrogen and oxygen atoms in total. The van der Waals surface area contributed by atoms with E-state index in [1.807, 2.05) is 0 Å². The molecule has 0 unspecified atom stereocenters. The Balaban J connectivity index is 1.87. The molecule has 0 aliphatic rings. The van der Waals surface area contributed by atoms with E-state index in [9.17, 15) is 18.4 Å². The molecule has 0 spiro atoms. The van der Waals surface area contributed by atoms with Gasteiger partial charge in [0.25, 0.3) is 5.91 Å². The van der Waals surface area contributed by atoms with Crippen LogP contribution in [0.2, 0.25) is 5.02 Å². The zero-order chi connectivity index (χ0) is 16.8. The van der Waals surface area contributed by atoms with Crippen LogP contribution in [0, 0.1) is 0 Å². The molecule has 2 aromatic rings. The Hall–Kier alpha value is -2.61. The van der Waals surface area contributed by atoms with Crippen molar-refractivity contribution in [1.82, 2.24) is 0 Å². The normalized spacial score (nSPS) is 10.4. The number of benzene rings is 1. The highest BCUT2D eigenvalue weighted by atomic mass is 35.5. The van der Waals surface area contributed by atoms with Gasteiger partial charge < -0.3 is 19.2 Å². The fraction of sp³-hybridized carbons (Fsp3) is 0.143. The number of alkyl halides is 2. The molecule has 1 heterocycles.